The topological polar surface area (TPSA) is 58.5 Å². The van der Waals surface area contributed by atoms with Gasteiger partial charge >= 0.3 is 0 Å². The number of aliphatic imine (C=N–C) groups is 1. The minimum absolute atomic E-state index is 0.515. The Bertz CT molecular complexity index is 701. The number of hydrogen-bond acceptors (Lipinski definition) is 3. The number of nitrogens with zero attached hydrogens (tertiary/aromatic N) is 2. The Hall–Kier alpha value is -2.27. The van der Waals surface area contributed by atoms with Crippen molar-refractivity contribution in [3.05, 3.63) is 58.4 Å². The Kier molecular flexibility index (Phi) is 7.54. The number of aryl methyl sites for hydroxylation is 1. The number of halogens is 1. The van der Waals surface area contributed by atoms with Gasteiger partial charge in [0.15, 0.2) is 5.96 Å². The third-order valence-electron chi connectivity index (χ3n) is 3.84. The summed E-state index contributed by atoms with van der Waals surface area (Å²) in [5.41, 5.74) is 3.56. The predicted octanol–water partition coefficient (Wildman–Crippen LogP) is 3.00. The highest BCUT2D eigenvalue weighted by Gasteiger charge is 2.04. The Balaban J connectivity index is 1.77. The summed E-state index contributed by atoms with van der Waals surface area (Å²) >= 11 is 5.79. The van der Waals surface area contributed by atoms with Gasteiger partial charge in [-0.3, -0.25) is 4.99 Å². The second-order valence-corrected chi connectivity index (χ2v) is 6.12. The fourth-order valence-corrected chi connectivity index (χ4v) is 2.63. The second-order valence-electron chi connectivity index (χ2n) is 5.73. The van der Waals surface area contributed by atoms with Crippen molar-refractivity contribution in [2.24, 2.45) is 4.99 Å². The van der Waals surface area contributed by atoms with Crippen LogP contribution in [-0.4, -0.2) is 38.2 Å². The molecule has 0 radical (unpaired) electrons. The summed E-state index contributed by atoms with van der Waals surface area (Å²) in [5, 5.41) is 7.15. The van der Waals surface area contributed by atoms with Gasteiger partial charge in [-0.15, -0.1) is 0 Å². The molecule has 2 rings (SSSR count). The van der Waals surface area contributed by atoms with Crippen molar-refractivity contribution < 1.29 is 4.74 Å². The van der Waals surface area contributed by atoms with E-state index in [9.17, 15) is 0 Å². The second kappa shape index (κ2) is 9.89. The zero-order chi connectivity index (χ0) is 18.1. The van der Waals surface area contributed by atoms with Gasteiger partial charge in [-0.2, -0.15) is 0 Å². The number of rotatable bonds is 7. The zero-order valence-corrected chi connectivity index (χ0v) is 15.7. The van der Waals surface area contributed by atoms with E-state index in [1.165, 1.54) is 11.1 Å². The van der Waals surface area contributed by atoms with E-state index in [4.69, 9.17) is 16.3 Å². The van der Waals surface area contributed by atoms with E-state index >= 15 is 0 Å². The van der Waals surface area contributed by atoms with Gasteiger partial charge in [0.2, 0.25) is 0 Å². The number of ether oxygens (including phenoxy) is 1. The van der Waals surface area contributed by atoms with Gasteiger partial charge in [0, 0.05) is 26.3 Å². The maximum atomic E-state index is 5.79. The highest BCUT2D eigenvalue weighted by Crippen LogP contribution is 2.19. The monoisotopic (exact) mass is 360 g/mol. The van der Waals surface area contributed by atoms with E-state index in [1.807, 2.05) is 12.1 Å². The van der Waals surface area contributed by atoms with Gasteiger partial charge in [0.25, 0.3) is 0 Å². The van der Waals surface area contributed by atoms with Crippen LogP contribution in [0.25, 0.3) is 0 Å². The summed E-state index contributed by atoms with van der Waals surface area (Å²) in [7, 11) is 3.47. The molecule has 0 saturated heterocycles. The molecule has 0 aliphatic rings. The lowest BCUT2D eigenvalue weighted by Crippen LogP contribution is -2.39. The predicted molar refractivity (Wildman–Crippen MR) is 104 cm³/mol. The number of guanidine groups is 1. The molecule has 0 aliphatic heterocycles. The van der Waals surface area contributed by atoms with Crippen LogP contribution in [0.2, 0.25) is 5.15 Å². The van der Waals surface area contributed by atoms with Gasteiger partial charge in [-0.05, 0) is 43.0 Å². The molecule has 0 atom stereocenters. The molecule has 6 heteroatoms. The number of methoxy groups -OCH3 is 1. The molecular formula is C19H25ClN4O. The number of pyridine rings is 1. The van der Waals surface area contributed by atoms with E-state index in [2.05, 4.69) is 39.7 Å². The maximum Gasteiger partial charge on any atom is 0.190 e. The van der Waals surface area contributed by atoms with E-state index < -0.39 is 0 Å². The van der Waals surface area contributed by atoms with E-state index in [-0.39, 0.29) is 0 Å². The number of hydrogen-bond donors (Lipinski definition) is 2. The highest BCUT2D eigenvalue weighted by atomic mass is 35.5. The van der Waals surface area contributed by atoms with Crippen LogP contribution in [0.5, 0.6) is 5.75 Å². The molecule has 1 aromatic heterocycles. The van der Waals surface area contributed by atoms with Crippen molar-refractivity contribution in [3.8, 4) is 5.75 Å². The van der Waals surface area contributed by atoms with Crippen molar-refractivity contribution in [1.29, 1.82) is 0 Å². The van der Waals surface area contributed by atoms with Crippen molar-refractivity contribution >= 4 is 17.6 Å². The van der Waals surface area contributed by atoms with Crippen molar-refractivity contribution in [2.75, 3.05) is 27.2 Å². The molecule has 5 nitrogen and oxygen atoms in total. The van der Waals surface area contributed by atoms with Crippen LogP contribution in [0.4, 0.5) is 0 Å². The first-order valence-electron chi connectivity index (χ1n) is 8.31. The van der Waals surface area contributed by atoms with Gasteiger partial charge < -0.3 is 15.4 Å². The normalized spacial score (nSPS) is 11.3. The fourth-order valence-electron chi connectivity index (χ4n) is 2.52. The average molecular weight is 361 g/mol. The Morgan fingerprint density at radius 2 is 1.92 bits per heavy atom. The molecule has 1 heterocycles. The largest absolute Gasteiger partial charge is 0.496 e. The molecule has 0 bridgehead atoms. The molecule has 0 spiro atoms. The van der Waals surface area contributed by atoms with Crippen LogP contribution in [-0.2, 0) is 12.8 Å². The van der Waals surface area contributed by atoms with Crippen LogP contribution < -0.4 is 15.4 Å². The van der Waals surface area contributed by atoms with Crippen LogP contribution in [0.1, 0.15) is 16.7 Å². The van der Waals surface area contributed by atoms with Crippen molar-refractivity contribution in [2.45, 2.75) is 19.8 Å². The van der Waals surface area contributed by atoms with Crippen LogP contribution in [0, 0.1) is 6.92 Å². The molecule has 134 valence electrons. The molecule has 2 aromatic rings. The van der Waals surface area contributed by atoms with Crippen LogP contribution >= 0.6 is 11.6 Å². The molecular weight excluding hydrogens is 336 g/mol. The minimum Gasteiger partial charge on any atom is -0.496 e. The van der Waals surface area contributed by atoms with Crippen LogP contribution in [0.15, 0.2) is 41.5 Å². The number of aromatic nitrogens is 1. The van der Waals surface area contributed by atoms with Gasteiger partial charge in [-0.1, -0.05) is 35.4 Å². The summed E-state index contributed by atoms with van der Waals surface area (Å²) in [6.45, 7) is 3.64. The zero-order valence-electron chi connectivity index (χ0n) is 15.0. The lowest BCUT2D eigenvalue weighted by molar-refractivity contribution is 0.409. The Labute approximate surface area is 154 Å². The first kappa shape index (κ1) is 19.1. The van der Waals surface area contributed by atoms with E-state index in [0.29, 0.717) is 5.15 Å². The molecule has 25 heavy (non-hydrogen) atoms. The average Bonchev–Trinajstić information content (AvgIpc) is 2.62. The lowest BCUT2D eigenvalue weighted by Gasteiger charge is -2.13. The molecule has 0 amide bonds. The molecule has 0 aliphatic carbocycles. The van der Waals surface area contributed by atoms with Crippen molar-refractivity contribution in [1.82, 2.24) is 15.6 Å². The SMILES string of the molecule is CN=C(NCCc1ccc(Cl)nc1)NCCc1cc(C)ccc1OC. The van der Waals surface area contributed by atoms with Gasteiger partial charge in [0.05, 0.1) is 7.11 Å². The Morgan fingerprint density at radius 3 is 2.56 bits per heavy atom. The third-order valence-corrected chi connectivity index (χ3v) is 4.06. The summed E-state index contributed by atoms with van der Waals surface area (Å²) < 4.78 is 5.42. The summed E-state index contributed by atoms with van der Waals surface area (Å²) in [4.78, 5) is 8.33. The van der Waals surface area contributed by atoms with Crippen LogP contribution in [0.3, 0.4) is 0 Å². The summed E-state index contributed by atoms with van der Waals surface area (Å²) in [5.74, 6) is 1.71. The van der Waals surface area contributed by atoms with Crippen molar-refractivity contribution in [3.63, 3.8) is 0 Å². The number of benzene rings is 1. The summed E-state index contributed by atoms with van der Waals surface area (Å²) in [6, 6.07) is 10.0. The fraction of sp³-hybridized carbons (Fsp3) is 0.368. The third kappa shape index (κ3) is 6.27. The quantitative estimate of drug-likeness (QED) is 0.452. The lowest BCUT2D eigenvalue weighted by atomic mass is 10.1. The highest BCUT2D eigenvalue weighted by molar-refractivity contribution is 6.29. The molecule has 0 fully saturated rings. The minimum atomic E-state index is 0.515. The van der Waals surface area contributed by atoms with E-state index in [0.717, 1.165) is 43.2 Å². The smallest absolute Gasteiger partial charge is 0.190 e. The molecule has 1 aromatic carbocycles. The molecule has 0 saturated carbocycles. The molecule has 0 unspecified atom stereocenters. The standard InChI is InChI=1S/C19H25ClN4O/c1-14-4-6-17(25-3)16(12-14)9-11-23-19(21-2)22-10-8-15-5-7-18(20)24-13-15/h4-7,12-13H,8-11H2,1-3H3,(H2,21,22,23). The van der Waals surface area contributed by atoms with Gasteiger partial charge in [0.1, 0.15) is 10.9 Å². The number of nitrogens with one attached hydrogen (secondary N) is 2. The first-order chi connectivity index (χ1) is 12.1. The Morgan fingerprint density at radius 1 is 1.16 bits per heavy atom. The van der Waals surface area contributed by atoms with Gasteiger partial charge in [-0.25, -0.2) is 4.98 Å². The maximum absolute atomic E-state index is 5.79. The first-order valence-corrected chi connectivity index (χ1v) is 8.68. The molecule has 2 N–H and O–H groups in total. The van der Waals surface area contributed by atoms with E-state index in [1.54, 1.807) is 26.4 Å². The summed E-state index contributed by atoms with van der Waals surface area (Å²) in [6.07, 6.45) is 3.52.